The van der Waals surface area contributed by atoms with Gasteiger partial charge in [-0.3, -0.25) is 23.5 Å². The van der Waals surface area contributed by atoms with Gasteiger partial charge in [-0.15, -0.1) is 6.58 Å². The first kappa shape index (κ1) is 48.8. The van der Waals surface area contributed by atoms with E-state index < -0.39 is 105 Å². The Labute approximate surface area is 346 Å². The fraction of sp³-hybridized carbons (Fsp3) is 0.610. The highest BCUT2D eigenvalue weighted by molar-refractivity contribution is 8.25. The molecule has 1 saturated heterocycles. The fourth-order valence-electron chi connectivity index (χ4n) is 6.62. The topological polar surface area (TPSA) is 169 Å². The van der Waals surface area contributed by atoms with Crippen LogP contribution in [-0.4, -0.2) is 137 Å². The van der Waals surface area contributed by atoms with Crippen molar-refractivity contribution in [3.63, 3.8) is 0 Å². The minimum atomic E-state index is -4.72. The molecule has 4 N–H and O–H groups in total. The van der Waals surface area contributed by atoms with E-state index in [1.165, 1.54) is 11.0 Å². The second-order valence-corrected chi connectivity index (χ2v) is 20.7. The van der Waals surface area contributed by atoms with Gasteiger partial charge in [0.15, 0.2) is 0 Å². The van der Waals surface area contributed by atoms with E-state index in [0.29, 0.717) is 19.5 Å². The van der Waals surface area contributed by atoms with Gasteiger partial charge in [0.1, 0.15) is 18.2 Å². The van der Waals surface area contributed by atoms with Gasteiger partial charge in [-0.1, -0.05) is 83.6 Å². The predicted molar refractivity (Wildman–Crippen MR) is 225 cm³/mol. The van der Waals surface area contributed by atoms with Crippen molar-refractivity contribution >= 4 is 56.8 Å². The number of benzene rings is 1. The Morgan fingerprint density at radius 1 is 0.983 bits per heavy atom. The highest BCUT2D eigenvalue weighted by Gasteiger charge is 2.47. The smallest absolute Gasteiger partial charge is 0.410 e. The van der Waals surface area contributed by atoms with Gasteiger partial charge in [0.2, 0.25) is 17.6 Å². The van der Waals surface area contributed by atoms with Crippen LogP contribution >= 0.6 is 9.39 Å². The van der Waals surface area contributed by atoms with Crippen molar-refractivity contribution in [2.24, 2.45) is 10.8 Å². The molecule has 0 spiro atoms. The van der Waals surface area contributed by atoms with Gasteiger partial charge in [0.25, 0.3) is 5.91 Å². The lowest BCUT2D eigenvalue weighted by Crippen LogP contribution is -2.61. The highest BCUT2D eigenvalue weighted by atomic mass is 32.2. The number of nitrogens with zero attached hydrogens (tertiary/aromatic N) is 3. The number of ether oxygens (including phenoxy) is 1. The number of alkyl halides is 3. The third kappa shape index (κ3) is 14.3. The van der Waals surface area contributed by atoms with Gasteiger partial charge in [0, 0.05) is 45.1 Å². The summed E-state index contributed by atoms with van der Waals surface area (Å²) in [5.41, 5.74) is 0.630. The number of amides is 6. The number of Topliss-reactive ketones (excluding diaryl/α,β-unsaturated/α-hetero) is 1. The number of carbonyl (C=O) groups excluding carboxylic acids is 6. The van der Waals surface area contributed by atoms with Gasteiger partial charge in [-0.25, -0.2) is 9.59 Å². The molecule has 0 bridgehead atoms. The van der Waals surface area contributed by atoms with Crippen molar-refractivity contribution in [1.29, 1.82) is 0 Å². The van der Waals surface area contributed by atoms with E-state index in [9.17, 15) is 41.9 Å². The summed E-state index contributed by atoms with van der Waals surface area (Å²) >= 11 is 0. The number of ketones is 1. The van der Waals surface area contributed by atoms with Crippen LogP contribution in [0.4, 0.5) is 22.8 Å². The van der Waals surface area contributed by atoms with Crippen molar-refractivity contribution in [3.8, 4) is 0 Å². The zero-order valence-electron chi connectivity index (χ0n) is 35.5. The van der Waals surface area contributed by atoms with E-state index in [1.807, 2.05) is 62.6 Å². The molecule has 3 rings (SSSR count). The van der Waals surface area contributed by atoms with E-state index in [2.05, 4.69) is 39.6 Å². The van der Waals surface area contributed by atoms with Gasteiger partial charge >= 0.3 is 18.3 Å². The van der Waals surface area contributed by atoms with Gasteiger partial charge in [0.05, 0.1) is 12.6 Å². The van der Waals surface area contributed by atoms with Crippen LogP contribution in [0.2, 0.25) is 0 Å². The zero-order valence-corrected chi connectivity index (χ0v) is 36.3. The van der Waals surface area contributed by atoms with Crippen LogP contribution in [-0.2, 0) is 36.9 Å². The van der Waals surface area contributed by atoms with E-state index in [4.69, 9.17) is 4.74 Å². The molecule has 2 heterocycles. The average molecular weight is 854 g/mol. The number of urea groups is 1. The first-order valence-corrected chi connectivity index (χ1v) is 21.8. The van der Waals surface area contributed by atoms with Gasteiger partial charge < -0.3 is 35.8 Å². The molecule has 14 nitrogen and oxygen atoms in total. The third-order valence-electron chi connectivity index (χ3n) is 10.4. The van der Waals surface area contributed by atoms with Crippen LogP contribution < -0.4 is 21.3 Å². The molecule has 330 valence electrons. The lowest BCUT2D eigenvalue weighted by molar-refractivity contribution is -0.147. The van der Waals surface area contributed by atoms with E-state index >= 15 is 0 Å². The molecule has 5 atom stereocenters. The molecule has 2 aliphatic heterocycles. The quantitative estimate of drug-likeness (QED) is 0.116. The molecule has 18 heteroatoms. The Morgan fingerprint density at radius 2 is 1.61 bits per heavy atom. The molecule has 2 aliphatic rings. The molecule has 1 unspecified atom stereocenters. The van der Waals surface area contributed by atoms with Crippen molar-refractivity contribution in [3.05, 3.63) is 48.0 Å². The Kier molecular flexibility index (Phi) is 16.3. The Balaban J connectivity index is 1.95. The average Bonchev–Trinajstić information content (AvgIpc) is 3.55. The molecular weight excluding hydrogens is 792 g/mol. The molecule has 6 amide bonds. The Hall–Kier alpha value is -4.58. The SMILES string of the molecule is C=CCNC(=O)C(=O)C(CCC(F)(F)F)NC(=O)[C@@H]1C[C@@H](OC(=O)N2CCc3ccccc3C2)CN1C(=O)[C@@H](NC(=O)N[C@H](CN(C)S(=C)(=C)C)C(C)(C)C)C(C)(C)C. The van der Waals surface area contributed by atoms with Crippen molar-refractivity contribution in [2.45, 2.75) is 110 Å². The molecule has 0 aromatic heterocycles. The summed E-state index contributed by atoms with van der Waals surface area (Å²) in [4.78, 5) is 84.3. The number of likely N-dealkylation sites (tertiary alicyclic amines) is 1. The summed E-state index contributed by atoms with van der Waals surface area (Å²) < 4.78 is 47.9. The largest absolute Gasteiger partial charge is 0.444 e. The number of halogens is 3. The third-order valence-corrected chi connectivity index (χ3v) is 12.1. The minimum Gasteiger partial charge on any atom is -0.444 e. The van der Waals surface area contributed by atoms with Crippen LogP contribution in [0, 0.1) is 10.8 Å². The number of fused-ring (bicyclic) bond motifs is 1. The van der Waals surface area contributed by atoms with E-state index in [-0.39, 0.29) is 26.1 Å². The summed E-state index contributed by atoms with van der Waals surface area (Å²) in [6.45, 7) is 14.9. The van der Waals surface area contributed by atoms with E-state index in [1.54, 1.807) is 20.8 Å². The molecule has 59 heavy (non-hydrogen) atoms. The molecule has 0 saturated carbocycles. The lowest BCUT2D eigenvalue weighted by atomic mass is 9.85. The monoisotopic (exact) mass is 853 g/mol. The van der Waals surface area contributed by atoms with Crippen LogP contribution in [0.3, 0.4) is 0 Å². The molecular formula is C41H62F3N7O7S. The second-order valence-electron chi connectivity index (χ2n) is 17.6. The van der Waals surface area contributed by atoms with Gasteiger partial charge in [-0.05, 0) is 48.1 Å². The number of likely N-dealkylation sites (N-methyl/N-ethyl adjacent to an activating group) is 1. The number of hydrogen-bond acceptors (Lipinski definition) is 8. The first-order chi connectivity index (χ1) is 27.1. The van der Waals surface area contributed by atoms with Crippen LogP contribution in [0.25, 0.3) is 0 Å². The predicted octanol–water partition coefficient (Wildman–Crippen LogP) is 4.12. The van der Waals surface area contributed by atoms with Crippen molar-refractivity contribution < 1.29 is 46.7 Å². The van der Waals surface area contributed by atoms with Crippen molar-refractivity contribution in [2.75, 3.05) is 39.5 Å². The number of rotatable bonds is 15. The lowest BCUT2D eigenvalue weighted by Gasteiger charge is -2.38. The second kappa shape index (κ2) is 19.7. The molecule has 0 radical (unpaired) electrons. The van der Waals surface area contributed by atoms with E-state index in [0.717, 1.165) is 16.0 Å². The minimum absolute atomic E-state index is 0.154. The number of hydrogen-bond donors (Lipinski definition) is 4. The number of nitrogens with one attached hydrogen (secondary N) is 4. The maximum atomic E-state index is 14.6. The highest BCUT2D eigenvalue weighted by Crippen LogP contribution is 2.30. The van der Waals surface area contributed by atoms with Gasteiger partial charge in [-0.2, -0.15) is 22.6 Å². The van der Waals surface area contributed by atoms with Crippen molar-refractivity contribution in [1.82, 2.24) is 35.4 Å². The maximum absolute atomic E-state index is 14.6. The van der Waals surface area contributed by atoms with Crippen LogP contribution in [0.5, 0.6) is 0 Å². The summed E-state index contributed by atoms with van der Waals surface area (Å²) in [7, 11) is 0.230. The number of carbonyl (C=O) groups is 6. The Bertz CT molecular complexity index is 1840. The van der Waals surface area contributed by atoms with Crippen LogP contribution in [0.15, 0.2) is 36.9 Å². The summed E-state index contributed by atoms with van der Waals surface area (Å²) in [5, 5.41) is 10.3. The molecule has 0 aliphatic carbocycles. The first-order valence-electron chi connectivity index (χ1n) is 19.5. The zero-order chi connectivity index (χ0) is 44.7. The molecule has 1 aromatic rings. The normalized spacial score (nSPS) is 18.8. The Morgan fingerprint density at radius 3 is 2.17 bits per heavy atom. The fourth-order valence-corrected chi connectivity index (χ4v) is 7.13. The summed E-state index contributed by atoms with van der Waals surface area (Å²) in [6, 6.07) is 1.89. The summed E-state index contributed by atoms with van der Waals surface area (Å²) in [5.74, 6) is 3.95. The molecule has 1 aromatic carbocycles. The molecule has 1 fully saturated rings. The maximum Gasteiger partial charge on any atom is 0.410 e. The summed E-state index contributed by atoms with van der Waals surface area (Å²) in [6.07, 6.45) is -5.45. The standard InChI is InChI=1S/C41H62F3N7O7S/c1-12-20-45-35(54)32(52)29(17-19-41(42,43)44)46-34(53)30-22-28(58-38(57)50-21-18-26-15-13-14-16-27(26)23-50)24-51(30)36(55)33(40(5,6)7)48-37(56)47-31(39(2,3)4)25-49(8)59(9,10)11/h12-16,28-31,33H,1,9-10,17-25H2,2-8,11H3,(H,45,54)(H,46,53)(H2,47,48,56)/t28-,29?,30+,31-,33-/m1/s1. The van der Waals surface area contributed by atoms with Crippen LogP contribution in [0.1, 0.15) is 71.9 Å².